The molecule has 792 valence electrons. The van der Waals surface area contributed by atoms with Gasteiger partial charge in [0.05, 0.1) is 187 Å². The van der Waals surface area contributed by atoms with Crippen LogP contribution in [0.5, 0.6) is 0 Å². The topological polar surface area (TPSA) is 1050 Å². The molecule has 58 atom stereocenters. The first-order valence-electron chi connectivity index (χ1n) is 44.2. The highest BCUT2D eigenvalue weighted by Gasteiger charge is 2.56. The van der Waals surface area contributed by atoms with Crippen LogP contribution >= 0.6 is 0 Å². The normalized spacial score (nSPS) is 51.5. The molecule has 12 aliphatic heterocycles. The smallest absolute Gasteiger partial charge is 0.176 e. The van der Waals surface area contributed by atoms with Crippen molar-refractivity contribution in [3.05, 3.63) is 0 Å². The van der Waals surface area contributed by atoms with Gasteiger partial charge in [-0.25, -0.2) is 0 Å². The highest BCUT2D eigenvalue weighted by atomic mass is 16.8. The highest BCUT2D eigenvalue weighted by Crippen LogP contribution is 2.35. The second kappa shape index (κ2) is 54.0. The minimum Gasteiger partial charge on any atom is -0.394 e. The minimum absolute atomic E-state index is 0.0292. The van der Waals surface area contributed by atoms with Gasteiger partial charge in [-0.05, 0) is 41.5 Å². The van der Waals surface area contributed by atoms with E-state index in [9.17, 15) is 128 Å². The molecule has 0 saturated carbocycles. The van der Waals surface area contributed by atoms with Crippen molar-refractivity contribution in [2.24, 2.45) is 74.5 Å². The van der Waals surface area contributed by atoms with Gasteiger partial charge in [-0.1, -0.05) is 0 Å². The molecule has 0 aromatic carbocycles. The fourth-order valence-corrected chi connectivity index (χ4v) is 16.7. The van der Waals surface area contributed by atoms with Crippen LogP contribution in [0.1, 0.15) is 41.5 Å². The van der Waals surface area contributed by atoms with Gasteiger partial charge in [-0.2, -0.15) is 0 Å². The van der Waals surface area contributed by atoms with Crippen molar-refractivity contribution in [2.75, 3.05) is 79.2 Å². The molecule has 0 radical (unpaired) electrons. The summed E-state index contributed by atoms with van der Waals surface area (Å²) in [6.45, 7) is 6.10. The Bertz CT molecular complexity index is 2940. The van der Waals surface area contributed by atoms with Crippen LogP contribution in [-0.2, 0) is 85.3 Å². The summed E-state index contributed by atoms with van der Waals surface area (Å²) in [5.41, 5.74) is 75.0. The van der Waals surface area contributed by atoms with Crippen molar-refractivity contribution >= 4 is 0 Å². The second-order valence-electron chi connectivity index (χ2n) is 35.2. The Kier molecular flexibility index (Phi) is 47.8. The third-order valence-electron chi connectivity index (χ3n) is 25.8. The zero-order chi connectivity index (χ0) is 101. The van der Waals surface area contributed by atoms with Crippen molar-refractivity contribution < 1.29 is 223 Å². The van der Waals surface area contributed by atoms with E-state index in [4.69, 9.17) is 170 Å². The summed E-state index contributed by atoms with van der Waals surface area (Å²) in [5, 5.41) is 262. The Morgan fingerprint density at radius 2 is 0.373 bits per heavy atom. The largest absolute Gasteiger partial charge is 0.394 e. The summed E-state index contributed by atoms with van der Waals surface area (Å²) in [5.74, 6) is 0. The van der Waals surface area contributed by atoms with E-state index in [1.54, 1.807) is 41.5 Å². The first kappa shape index (κ1) is 119. The minimum atomic E-state index is -1.38. The Morgan fingerprint density at radius 3 is 0.619 bits per heavy atom. The SMILES string of the molecule is C[C@H]1O[C@H](CO)[C@@H](OC2O[C@H](CN)[C@@H](O)[C@H](O)[C@H]2N)[C@H](N)[C@H]1O.C[C@H]1O[C@H](CO)[C@@H](OC2O[C@H](CN)[C@@H](O)[C@H](O)[C@H]2N)[C@H](O)[C@H]1N.C[C@H]1O[C@H](CO)[C@@H](OC2O[C@H](CO)[C@@H](O)[C@H](O)[C@H]2N)[C@H](N)[C@H]1O.C[C@H]1O[C@H](CO)[C@@H](OC2O[C@H](CO)[C@@H](O)[C@H](O)[C@H]2N)[C@H](O)[C@H]1N.C[C@H]1O[C@H](COC2O[C@H](CO)[C@@H](O)[C@H](O)[C@H]2N)[C@@H](O)[C@@H]1N.C[C@H]1O[C@H](COC2O[C@H](CO)[C@@H](O)[C@H](O)[C@H]2N)[C@H](O)[C@H]1O. The summed E-state index contributed by atoms with van der Waals surface area (Å²) in [6, 6.07) is -9.99. The van der Waals surface area contributed by atoms with Gasteiger partial charge in [0.1, 0.15) is 195 Å². The molecule has 0 aromatic rings. The van der Waals surface area contributed by atoms with Crippen molar-refractivity contribution in [2.45, 2.75) is 396 Å². The fraction of sp³-hybridized carbons (Fsp3) is 1.00. The Balaban J connectivity index is 0.000000219. The van der Waals surface area contributed by atoms with E-state index >= 15 is 0 Å². The van der Waals surface area contributed by atoms with Crippen LogP contribution in [0.4, 0.5) is 0 Å². The van der Waals surface area contributed by atoms with Gasteiger partial charge in [0.2, 0.25) is 0 Å². The third kappa shape index (κ3) is 28.3. The highest BCUT2D eigenvalue weighted by molar-refractivity contribution is 5.04. The number of ether oxygens (including phenoxy) is 18. The molecule has 12 fully saturated rings. The zero-order valence-corrected chi connectivity index (χ0v) is 74.9. The van der Waals surface area contributed by atoms with Crippen LogP contribution in [0.25, 0.3) is 0 Å². The van der Waals surface area contributed by atoms with Crippen LogP contribution in [0.15, 0.2) is 0 Å². The first-order chi connectivity index (χ1) is 63.0. The molecule has 12 rings (SSSR count). The summed E-state index contributed by atoms with van der Waals surface area (Å²) in [6.07, 6.45) is -47.0. The number of aliphatic hydroxyl groups is 27. The van der Waals surface area contributed by atoms with Gasteiger partial charge in [0, 0.05) is 13.1 Å². The maximum Gasteiger partial charge on any atom is 0.176 e. The monoisotopic (exact) mass is 1970 g/mol. The average Bonchev–Trinajstić information content (AvgIpc) is 1.40. The number of hydrogen-bond donors (Lipinski definition) is 40. The predicted octanol–water partition coefficient (Wildman–Crippen LogP) is -25.1. The summed E-state index contributed by atoms with van der Waals surface area (Å²) < 4.78 is 98.3. The fourth-order valence-electron chi connectivity index (χ4n) is 16.7. The van der Waals surface area contributed by atoms with Crippen LogP contribution in [-0.4, -0.2) is 571 Å². The van der Waals surface area contributed by atoms with Crippen molar-refractivity contribution in [1.29, 1.82) is 0 Å². The van der Waals surface area contributed by atoms with Crippen LogP contribution in [0.2, 0.25) is 0 Å². The zero-order valence-electron chi connectivity index (χ0n) is 74.9. The van der Waals surface area contributed by atoms with Crippen LogP contribution in [0.3, 0.4) is 0 Å². The lowest BCUT2D eigenvalue weighted by molar-refractivity contribution is -0.310. The lowest BCUT2D eigenvalue weighted by atomic mass is 9.93. The predicted molar refractivity (Wildman–Crippen MR) is 446 cm³/mol. The number of rotatable bonds is 24. The molecule has 53 N–H and O–H groups in total. The van der Waals surface area contributed by atoms with Gasteiger partial charge < -0.3 is 298 Å². The quantitative estimate of drug-likeness (QED) is 0.0427. The standard InChI is InChI=1S/2C13H27N3O7.2C13H26N2O8.C12H24N2O7.C12H23NO8/c1-4-9(18)7(15)12(6(3-17)21-4)23-13-8(16)11(20)10(19)5(2-14)22-13;1-4-7(15)11(20)12(6(3-17)21-4)23-13-8(16)10(19)9(18)5(2-14)22-13;1-4-9(18)7(14)12(6(3-17)21-4)23-13-8(15)11(20)10(19)5(2-16)22-13;1-4-7(14)11(20)12(6(3-17)21-4)23-13-8(15)10(19)9(18)5(2-16)22-13;1-4-7(13)9(16)6(20-4)3-19-12-8(14)11(18)10(17)5(2-15)21-12;1-4-8(15)10(17)6(20-4)3-19-12-7(13)11(18)9(16)5(2-14)21-12/h2*4-13,17-20H,2-3,14-16H2,1H3;2*4-13,16-20H,2-3,14-15H2,1H3;4-12,15-18H,2-3,13-14H2,1H3;4-12,14-18H,2-3,13H2,1H3/t4-,5-,6-,7-,8-,9+,10-,11-,12-,13?;4-,5-,6-,7+,8-,9-,10-,11-,12-,13?;4-,5-,6-,7-,8-,9+,10-,11-,12-,13?;4-,5-,6-,7+,8-,9-,10-,11-,12-,13?;4-,5-,6-,7-,8-,9-,10-,11-,12?;4-,5-,6-,7-,8+,9-,10+,11-,12?/m111111/s1. The molecule has 0 aromatic heterocycles. The summed E-state index contributed by atoms with van der Waals surface area (Å²) in [7, 11) is 0. The van der Waals surface area contributed by atoms with Crippen molar-refractivity contribution in [3.8, 4) is 0 Å². The summed E-state index contributed by atoms with van der Waals surface area (Å²) in [4.78, 5) is 0. The van der Waals surface area contributed by atoms with E-state index in [1.165, 1.54) is 0 Å². The van der Waals surface area contributed by atoms with E-state index in [2.05, 4.69) is 0 Å². The van der Waals surface area contributed by atoms with Gasteiger partial charge in [-0.3, -0.25) is 0 Å². The van der Waals surface area contributed by atoms with Gasteiger partial charge in [0.15, 0.2) is 37.7 Å². The molecule has 134 heavy (non-hydrogen) atoms. The lowest BCUT2D eigenvalue weighted by Crippen LogP contribution is -2.67. The van der Waals surface area contributed by atoms with Crippen molar-refractivity contribution in [3.63, 3.8) is 0 Å². The average molecular weight is 1970 g/mol. The second-order valence-corrected chi connectivity index (χ2v) is 35.2. The molecule has 0 bridgehead atoms. The molecular formula is C76H153N13O45. The van der Waals surface area contributed by atoms with Crippen LogP contribution < -0.4 is 74.5 Å². The molecule has 0 spiro atoms. The van der Waals surface area contributed by atoms with E-state index in [1.807, 2.05) is 0 Å². The van der Waals surface area contributed by atoms with E-state index in [0.717, 1.165) is 0 Å². The van der Waals surface area contributed by atoms with Crippen molar-refractivity contribution in [1.82, 2.24) is 0 Å². The Morgan fingerprint density at radius 1 is 0.179 bits per heavy atom. The molecule has 58 heteroatoms. The molecular weight excluding hydrogens is 1810 g/mol. The van der Waals surface area contributed by atoms with Crippen LogP contribution in [0, 0.1) is 0 Å². The molecule has 12 saturated heterocycles. The van der Waals surface area contributed by atoms with Gasteiger partial charge in [-0.15, -0.1) is 0 Å². The van der Waals surface area contributed by atoms with E-state index in [-0.39, 0.29) is 39.0 Å². The van der Waals surface area contributed by atoms with E-state index < -0.39 is 395 Å². The molecule has 6 unspecified atom stereocenters. The summed E-state index contributed by atoms with van der Waals surface area (Å²) >= 11 is 0. The Labute approximate surface area is 770 Å². The van der Waals surface area contributed by atoms with Gasteiger partial charge >= 0.3 is 0 Å². The maximum absolute atomic E-state index is 10.3. The van der Waals surface area contributed by atoms with Gasteiger partial charge in [0.25, 0.3) is 0 Å². The number of aliphatic hydroxyl groups excluding tert-OH is 27. The van der Waals surface area contributed by atoms with E-state index in [0.29, 0.717) is 0 Å². The first-order valence-corrected chi connectivity index (χ1v) is 44.2. The number of nitrogens with two attached hydrogens (primary N) is 13. The lowest BCUT2D eigenvalue weighted by Gasteiger charge is -2.46. The molecule has 0 aliphatic carbocycles. The molecule has 12 aliphatic rings. The Hall–Kier alpha value is -2.32. The third-order valence-corrected chi connectivity index (χ3v) is 25.8. The maximum atomic E-state index is 10.3. The molecule has 12 heterocycles. The number of hydrogen-bond acceptors (Lipinski definition) is 58. The molecule has 0 amide bonds. The molecule has 58 nitrogen and oxygen atoms in total.